The monoisotopic (exact) mass is 438 g/mol. The molecule has 2 aromatic heterocycles. The molecule has 4 N–H and O–H groups in total. The SMILES string of the molecule is O=C(O)Cn1nnnc1SCC1=C(C(=O)O)N2C(=O)C(Nc3ncc[nH]3)[C@@H]2SC1. The van der Waals surface area contributed by atoms with Crippen LogP contribution in [0.5, 0.6) is 0 Å². The highest BCUT2D eigenvalue weighted by Gasteiger charge is 2.53. The summed E-state index contributed by atoms with van der Waals surface area (Å²) in [6.07, 6.45) is 3.17. The van der Waals surface area contributed by atoms with E-state index in [4.69, 9.17) is 5.11 Å². The highest BCUT2D eigenvalue weighted by Crippen LogP contribution is 2.42. The van der Waals surface area contributed by atoms with Gasteiger partial charge in [-0.15, -0.1) is 16.9 Å². The molecule has 0 aromatic carbocycles. The Bertz CT molecular complexity index is 990. The number of nitrogens with zero attached hydrogens (tertiary/aromatic N) is 6. The molecule has 0 saturated carbocycles. The van der Waals surface area contributed by atoms with Gasteiger partial charge in [0, 0.05) is 23.9 Å². The first-order chi connectivity index (χ1) is 14.0. The smallest absolute Gasteiger partial charge is 0.352 e. The molecule has 0 radical (unpaired) electrons. The molecule has 1 fully saturated rings. The molecule has 0 bridgehead atoms. The number of tetrazole rings is 1. The molecule has 2 aromatic rings. The number of nitrogens with one attached hydrogen (secondary N) is 2. The van der Waals surface area contributed by atoms with Crippen LogP contribution in [0.1, 0.15) is 0 Å². The molecule has 1 unspecified atom stereocenters. The first-order valence-corrected chi connectivity index (χ1v) is 10.3. The maximum atomic E-state index is 12.6. The summed E-state index contributed by atoms with van der Waals surface area (Å²) in [6.45, 7) is -0.401. The van der Waals surface area contributed by atoms with Crippen LogP contribution in [0.3, 0.4) is 0 Å². The Balaban J connectivity index is 1.50. The van der Waals surface area contributed by atoms with E-state index in [9.17, 15) is 19.5 Å². The van der Waals surface area contributed by atoms with Crippen LogP contribution in [0, 0.1) is 0 Å². The molecule has 4 heterocycles. The van der Waals surface area contributed by atoms with Crippen molar-refractivity contribution in [3.05, 3.63) is 23.7 Å². The van der Waals surface area contributed by atoms with Gasteiger partial charge in [0.2, 0.25) is 11.1 Å². The van der Waals surface area contributed by atoms with Crippen molar-refractivity contribution < 1.29 is 24.6 Å². The molecule has 2 aliphatic heterocycles. The van der Waals surface area contributed by atoms with Gasteiger partial charge in [0.15, 0.2) is 0 Å². The fourth-order valence-electron chi connectivity index (χ4n) is 2.96. The van der Waals surface area contributed by atoms with Crippen LogP contribution in [0.15, 0.2) is 28.8 Å². The van der Waals surface area contributed by atoms with Gasteiger partial charge in [-0.3, -0.25) is 14.5 Å². The van der Waals surface area contributed by atoms with Gasteiger partial charge in [0.25, 0.3) is 5.91 Å². The van der Waals surface area contributed by atoms with E-state index in [1.165, 1.54) is 16.7 Å². The van der Waals surface area contributed by atoms with Crippen LogP contribution >= 0.6 is 23.5 Å². The lowest BCUT2D eigenvalue weighted by molar-refractivity contribution is -0.147. The molecule has 0 aliphatic carbocycles. The van der Waals surface area contributed by atoms with Crippen LogP contribution in [0.4, 0.5) is 5.95 Å². The summed E-state index contributed by atoms with van der Waals surface area (Å²) in [5.41, 5.74) is 0.486. The average molecular weight is 438 g/mol. The number of amides is 1. The number of carboxylic acid groups (broad SMARTS) is 2. The number of thioether (sulfide) groups is 2. The number of imidazole rings is 1. The molecule has 4 rings (SSSR count). The topological polar surface area (TPSA) is 179 Å². The third kappa shape index (κ3) is 3.65. The molecule has 13 nitrogen and oxygen atoms in total. The first kappa shape index (κ1) is 19.3. The number of carbonyl (C=O) groups excluding carboxylic acids is 1. The van der Waals surface area contributed by atoms with Crippen molar-refractivity contribution in [3.63, 3.8) is 0 Å². The van der Waals surface area contributed by atoms with E-state index >= 15 is 0 Å². The van der Waals surface area contributed by atoms with Crippen LogP contribution in [0.2, 0.25) is 0 Å². The molecule has 2 atom stereocenters. The minimum atomic E-state index is -1.19. The summed E-state index contributed by atoms with van der Waals surface area (Å²) in [4.78, 5) is 43.5. The number of hydrogen-bond donors (Lipinski definition) is 4. The third-order valence-electron chi connectivity index (χ3n) is 4.20. The predicted molar refractivity (Wildman–Crippen MR) is 99.9 cm³/mol. The predicted octanol–water partition coefficient (Wildman–Crippen LogP) is -0.693. The second-order valence-electron chi connectivity index (χ2n) is 6.03. The van der Waals surface area contributed by atoms with Crippen LogP contribution in [-0.4, -0.2) is 86.1 Å². The van der Waals surface area contributed by atoms with E-state index in [0.717, 1.165) is 16.4 Å². The lowest BCUT2D eigenvalue weighted by Crippen LogP contribution is -2.67. The number of β-lactam (4-membered cyclic amide) rings is 1. The summed E-state index contributed by atoms with van der Waals surface area (Å²) in [5, 5.41) is 32.3. The Hall–Kier alpha value is -3.07. The molecule has 0 spiro atoms. The maximum absolute atomic E-state index is 12.6. The van der Waals surface area contributed by atoms with Gasteiger partial charge < -0.3 is 20.5 Å². The van der Waals surface area contributed by atoms with Crippen LogP contribution in [-0.2, 0) is 20.9 Å². The molecule has 29 heavy (non-hydrogen) atoms. The number of H-pyrrole nitrogens is 1. The van der Waals surface area contributed by atoms with Crippen molar-refractivity contribution >= 4 is 47.3 Å². The maximum Gasteiger partial charge on any atom is 0.352 e. The van der Waals surface area contributed by atoms with Gasteiger partial charge in [-0.2, -0.15) is 0 Å². The third-order valence-corrected chi connectivity index (χ3v) is 6.58. The molecule has 1 amide bonds. The Morgan fingerprint density at radius 3 is 2.93 bits per heavy atom. The zero-order chi connectivity index (χ0) is 20.5. The van der Waals surface area contributed by atoms with E-state index in [2.05, 4.69) is 30.8 Å². The summed E-state index contributed by atoms with van der Waals surface area (Å²) in [6, 6.07) is -0.572. The zero-order valence-electron chi connectivity index (χ0n) is 14.5. The average Bonchev–Trinajstić information content (AvgIpc) is 3.35. The van der Waals surface area contributed by atoms with Gasteiger partial charge in [-0.25, -0.2) is 14.5 Å². The number of aliphatic carboxylic acids is 2. The lowest BCUT2D eigenvalue weighted by atomic mass is 10.0. The Morgan fingerprint density at radius 1 is 1.41 bits per heavy atom. The second kappa shape index (κ2) is 7.75. The number of anilines is 1. The summed E-state index contributed by atoms with van der Waals surface area (Å²) in [7, 11) is 0. The number of aromatic amines is 1. The van der Waals surface area contributed by atoms with Crippen molar-refractivity contribution in [1.82, 2.24) is 35.1 Å². The van der Waals surface area contributed by atoms with Crippen molar-refractivity contribution in [2.45, 2.75) is 23.1 Å². The van der Waals surface area contributed by atoms with Crippen molar-refractivity contribution in [2.75, 3.05) is 16.8 Å². The van der Waals surface area contributed by atoms with E-state index < -0.39 is 24.5 Å². The minimum Gasteiger partial charge on any atom is -0.480 e. The van der Waals surface area contributed by atoms with Crippen molar-refractivity contribution in [2.24, 2.45) is 0 Å². The van der Waals surface area contributed by atoms with E-state index in [1.807, 2.05) is 0 Å². The Morgan fingerprint density at radius 2 is 2.24 bits per heavy atom. The van der Waals surface area contributed by atoms with E-state index in [0.29, 0.717) is 17.3 Å². The summed E-state index contributed by atoms with van der Waals surface area (Å²) < 4.78 is 1.12. The highest BCUT2D eigenvalue weighted by atomic mass is 32.2. The van der Waals surface area contributed by atoms with E-state index in [-0.39, 0.29) is 27.9 Å². The zero-order valence-corrected chi connectivity index (χ0v) is 16.2. The minimum absolute atomic E-state index is 0.0546. The van der Waals surface area contributed by atoms with Crippen LogP contribution < -0.4 is 5.32 Å². The van der Waals surface area contributed by atoms with Gasteiger partial charge in [-0.05, 0) is 16.0 Å². The number of rotatable bonds is 8. The van der Waals surface area contributed by atoms with Crippen molar-refractivity contribution in [1.29, 1.82) is 0 Å². The molecular formula is C14H14N8O5S2. The number of aromatic nitrogens is 6. The highest BCUT2D eigenvalue weighted by molar-refractivity contribution is 8.01. The lowest BCUT2D eigenvalue weighted by Gasteiger charge is -2.49. The fourth-order valence-corrected chi connectivity index (χ4v) is 5.33. The number of fused-ring (bicyclic) bond motifs is 1. The quantitative estimate of drug-likeness (QED) is 0.301. The van der Waals surface area contributed by atoms with Gasteiger partial charge in [-0.1, -0.05) is 11.8 Å². The van der Waals surface area contributed by atoms with Gasteiger partial charge in [0.05, 0.1) is 0 Å². The molecule has 152 valence electrons. The first-order valence-electron chi connectivity index (χ1n) is 8.22. The van der Waals surface area contributed by atoms with Gasteiger partial charge >= 0.3 is 11.9 Å². The number of hydrogen-bond acceptors (Lipinski definition) is 10. The molecule has 15 heteroatoms. The van der Waals surface area contributed by atoms with E-state index in [1.54, 1.807) is 12.4 Å². The molecular weight excluding hydrogens is 424 g/mol. The fraction of sp³-hybridized carbons (Fsp3) is 0.357. The summed E-state index contributed by atoms with van der Waals surface area (Å²) in [5.74, 6) is -1.59. The van der Waals surface area contributed by atoms with Gasteiger partial charge in [0.1, 0.15) is 23.7 Å². The number of carboxylic acids is 2. The number of carbonyl (C=O) groups is 3. The van der Waals surface area contributed by atoms with Crippen LogP contribution in [0.25, 0.3) is 0 Å². The standard InChI is InChI=1S/C14H14N8O5S2/c23-7(24)3-21-14(18-19-20-21)29-5-6-4-28-11-8(17-13-15-1-2-16-13)10(25)22(11)9(6)12(26)27/h1-2,8,11H,3-5H2,(H,23,24)(H,26,27)(H2,15,16,17)/t8?,11-/m0/s1. The normalized spacial score (nSPS) is 21.0. The Kier molecular flexibility index (Phi) is 5.14. The largest absolute Gasteiger partial charge is 0.480 e. The Labute approximate surface area is 170 Å². The molecule has 2 aliphatic rings. The summed E-state index contributed by atoms with van der Waals surface area (Å²) >= 11 is 2.56. The van der Waals surface area contributed by atoms with Crippen molar-refractivity contribution in [3.8, 4) is 0 Å². The second-order valence-corrected chi connectivity index (χ2v) is 8.08. The molecule has 1 saturated heterocycles.